The van der Waals surface area contributed by atoms with Crippen molar-refractivity contribution in [3.63, 3.8) is 0 Å². The Hall–Kier alpha value is -2.78. The molecule has 23 heavy (non-hydrogen) atoms. The van der Waals surface area contributed by atoms with Crippen LogP contribution in [0.1, 0.15) is 10.6 Å². The maximum absolute atomic E-state index is 12.5. The molecule has 0 aliphatic rings. The summed E-state index contributed by atoms with van der Waals surface area (Å²) in [6.07, 6.45) is 1.51. The number of thiazole rings is 1. The Morgan fingerprint density at radius 1 is 1.17 bits per heavy atom. The summed E-state index contributed by atoms with van der Waals surface area (Å²) in [6.45, 7) is -2.92. The number of nitriles is 1. The van der Waals surface area contributed by atoms with Gasteiger partial charge in [0.25, 0.3) is 0 Å². The molecule has 3 aromatic rings. The van der Waals surface area contributed by atoms with Gasteiger partial charge in [0.2, 0.25) is 0 Å². The molecule has 0 N–H and O–H groups in total. The minimum atomic E-state index is -2.92. The van der Waals surface area contributed by atoms with Gasteiger partial charge >= 0.3 is 6.61 Å². The lowest BCUT2D eigenvalue weighted by Gasteiger charge is -2.07. The highest BCUT2D eigenvalue weighted by Crippen LogP contribution is 2.30. The van der Waals surface area contributed by atoms with Crippen LogP contribution in [0.5, 0.6) is 5.75 Å². The van der Waals surface area contributed by atoms with E-state index in [1.807, 2.05) is 24.3 Å². The largest absolute Gasteiger partial charge is 0.434 e. The first-order valence-corrected chi connectivity index (χ1v) is 7.50. The molecule has 0 atom stereocenters. The van der Waals surface area contributed by atoms with Crippen molar-refractivity contribution in [3.8, 4) is 11.8 Å². The number of hydrogen-bond donors (Lipinski definition) is 0. The number of aromatic nitrogens is 1. The highest BCUT2D eigenvalue weighted by Gasteiger charge is 2.12. The maximum Gasteiger partial charge on any atom is 0.387 e. The van der Waals surface area contributed by atoms with E-state index in [1.54, 1.807) is 18.2 Å². The van der Waals surface area contributed by atoms with Crippen molar-refractivity contribution in [3.05, 3.63) is 59.1 Å². The predicted octanol–water partition coefficient (Wildman–Crippen LogP) is 4.96. The zero-order valence-electron chi connectivity index (χ0n) is 11.7. The second kappa shape index (κ2) is 6.55. The van der Waals surface area contributed by atoms with Crippen LogP contribution >= 0.6 is 11.3 Å². The molecule has 6 heteroatoms. The van der Waals surface area contributed by atoms with E-state index in [9.17, 15) is 14.0 Å². The van der Waals surface area contributed by atoms with Gasteiger partial charge in [-0.15, -0.1) is 11.3 Å². The van der Waals surface area contributed by atoms with Gasteiger partial charge in [0.15, 0.2) is 0 Å². The molecule has 0 spiro atoms. The fourth-order valence-electron chi connectivity index (χ4n) is 2.09. The van der Waals surface area contributed by atoms with Crippen LogP contribution < -0.4 is 4.74 Å². The summed E-state index contributed by atoms with van der Waals surface area (Å²) in [5.41, 5.74) is 1.51. The van der Waals surface area contributed by atoms with E-state index < -0.39 is 6.61 Å². The van der Waals surface area contributed by atoms with E-state index in [0.717, 1.165) is 10.2 Å². The summed E-state index contributed by atoms with van der Waals surface area (Å²) in [4.78, 5) is 4.41. The predicted molar refractivity (Wildman–Crippen MR) is 86.2 cm³/mol. The van der Waals surface area contributed by atoms with Gasteiger partial charge in [-0.3, -0.25) is 0 Å². The number of nitrogens with zero attached hydrogens (tertiary/aromatic N) is 2. The lowest BCUT2D eigenvalue weighted by Crippen LogP contribution is -2.03. The highest BCUT2D eigenvalue weighted by molar-refractivity contribution is 7.19. The molecule has 0 unspecified atom stereocenters. The van der Waals surface area contributed by atoms with Crippen molar-refractivity contribution in [1.29, 1.82) is 5.26 Å². The van der Waals surface area contributed by atoms with Crippen molar-refractivity contribution in [2.75, 3.05) is 0 Å². The number of hydrogen-bond acceptors (Lipinski definition) is 4. The Labute approximate surface area is 135 Å². The van der Waals surface area contributed by atoms with E-state index in [0.29, 0.717) is 16.1 Å². The van der Waals surface area contributed by atoms with Crippen LogP contribution in [0.25, 0.3) is 21.9 Å². The second-order valence-electron chi connectivity index (χ2n) is 4.57. The molecule has 0 bridgehead atoms. The minimum absolute atomic E-state index is 0.0244. The summed E-state index contributed by atoms with van der Waals surface area (Å²) >= 11 is 1.38. The van der Waals surface area contributed by atoms with E-state index in [-0.39, 0.29) is 5.75 Å². The Kier molecular flexibility index (Phi) is 4.31. The first-order chi connectivity index (χ1) is 11.2. The van der Waals surface area contributed by atoms with Crippen molar-refractivity contribution >= 4 is 33.2 Å². The molecular weight excluding hydrogens is 318 g/mol. The van der Waals surface area contributed by atoms with E-state index in [1.165, 1.54) is 23.5 Å². The molecule has 0 saturated heterocycles. The molecule has 3 rings (SSSR count). The first kappa shape index (κ1) is 15.1. The maximum atomic E-state index is 12.5. The SMILES string of the molecule is N#CC(=Cc1ccccc1OC(F)F)c1nc2ccccc2s1. The summed E-state index contributed by atoms with van der Waals surface area (Å²) in [7, 11) is 0. The zero-order chi connectivity index (χ0) is 16.2. The summed E-state index contributed by atoms with van der Waals surface area (Å²) in [5.74, 6) is 0.0244. The third-order valence-electron chi connectivity index (χ3n) is 3.08. The Morgan fingerprint density at radius 2 is 1.91 bits per heavy atom. The van der Waals surface area contributed by atoms with Crippen LogP contribution in [0.4, 0.5) is 8.78 Å². The van der Waals surface area contributed by atoms with Gasteiger partial charge in [0.05, 0.1) is 15.8 Å². The number of halogens is 2. The van der Waals surface area contributed by atoms with Crippen molar-refractivity contribution < 1.29 is 13.5 Å². The van der Waals surface area contributed by atoms with Gasteiger partial charge in [0, 0.05) is 5.56 Å². The number of ether oxygens (including phenoxy) is 1. The average Bonchev–Trinajstić information content (AvgIpc) is 2.97. The topological polar surface area (TPSA) is 45.9 Å². The standard InChI is InChI=1S/C17H10F2N2OS/c18-17(19)22-14-7-3-1-5-11(14)9-12(10-20)16-21-13-6-2-4-8-15(13)23-16/h1-9,17H. The summed E-state index contributed by atoms with van der Waals surface area (Å²) < 4.78 is 30.4. The highest BCUT2D eigenvalue weighted by atomic mass is 32.1. The van der Waals surface area contributed by atoms with Crippen LogP contribution in [-0.4, -0.2) is 11.6 Å². The van der Waals surface area contributed by atoms with Crippen LogP contribution in [0.3, 0.4) is 0 Å². The quantitative estimate of drug-likeness (QED) is 0.636. The van der Waals surface area contributed by atoms with E-state index >= 15 is 0 Å². The lowest BCUT2D eigenvalue weighted by atomic mass is 10.1. The third kappa shape index (κ3) is 3.35. The van der Waals surface area contributed by atoms with E-state index in [2.05, 4.69) is 15.8 Å². The number of rotatable bonds is 4. The molecule has 0 fully saturated rings. The number of para-hydroxylation sites is 2. The number of fused-ring (bicyclic) bond motifs is 1. The normalized spacial score (nSPS) is 11.7. The molecule has 0 saturated carbocycles. The van der Waals surface area contributed by atoms with Crippen LogP contribution in [-0.2, 0) is 0 Å². The number of benzene rings is 2. The van der Waals surface area contributed by atoms with Gasteiger partial charge in [-0.1, -0.05) is 30.3 Å². The Morgan fingerprint density at radius 3 is 2.65 bits per heavy atom. The molecule has 0 aliphatic carbocycles. The van der Waals surface area contributed by atoms with Crippen LogP contribution in [0.15, 0.2) is 48.5 Å². The van der Waals surface area contributed by atoms with Crippen LogP contribution in [0.2, 0.25) is 0 Å². The second-order valence-corrected chi connectivity index (χ2v) is 5.60. The van der Waals surface area contributed by atoms with Gasteiger partial charge in [-0.05, 0) is 24.3 Å². The van der Waals surface area contributed by atoms with Crippen molar-refractivity contribution in [2.45, 2.75) is 6.61 Å². The molecule has 1 heterocycles. The molecule has 0 aliphatic heterocycles. The van der Waals surface area contributed by atoms with Gasteiger partial charge in [-0.2, -0.15) is 14.0 Å². The Bertz CT molecular complexity index is 879. The number of allylic oxidation sites excluding steroid dienone is 1. The lowest BCUT2D eigenvalue weighted by molar-refractivity contribution is -0.0499. The zero-order valence-corrected chi connectivity index (χ0v) is 12.6. The van der Waals surface area contributed by atoms with Crippen molar-refractivity contribution in [1.82, 2.24) is 4.98 Å². The van der Waals surface area contributed by atoms with Crippen molar-refractivity contribution in [2.24, 2.45) is 0 Å². The van der Waals surface area contributed by atoms with Crippen LogP contribution in [0, 0.1) is 11.3 Å². The van der Waals surface area contributed by atoms with Gasteiger partial charge < -0.3 is 4.74 Å². The molecule has 114 valence electrons. The smallest absolute Gasteiger partial charge is 0.387 e. The van der Waals surface area contributed by atoms with E-state index in [4.69, 9.17) is 0 Å². The minimum Gasteiger partial charge on any atom is -0.434 e. The summed E-state index contributed by atoms with van der Waals surface area (Å²) in [6, 6.07) is 16.0. The first-order valence-electron chi connectivity index (χ1n) is 6.69. The Balaban J connectivity index is 2.04. The van der Waals surface area contributed by atoms with Gasteiger partial charge in [0.1, 0.15) is 16.8 Å². The number of alkyl halides is 2. The fraction of sp³-hybridized carbons (Fsp3) is 0.0588. The molecular formula is C17H10F2N2OS. The van der Waals surface area contributed by atoms with Gasteiger partial charge in [-0.25, -0.2) is 4.98 Å². The monoisotopic (exact) mass is 328 g/mol. The molecule has 0 amide bonds. The summed E-state index contributed by atoms with van der Waals surface area (Å²) in [5, 5.41) is 9.94. The molecule has 2 aromatic carbocycles. The molecule has 0 radical (unpaired) electrons. The fourth-order valence-corrected chi connectivity index (χ4v) is 3.02. The molecule has 1 aromatic heterocycles. The average molecular weight is 328 g/mol. The third-order valence-corrected chi connectivity index (χ3v) is 4.15. The molecule has 3 nitrogen and oxygen atoms in total.